The third-order valence-corrected chi connectivity index (χ3v) is 4.92. The van der Waals surface area contributed by atoms with Crippen molar-refractivity contribution in [3.8, 4) is 5.88 Å². The fraction of sp³-hybridized carbons (Fsp3) is 0.565. The topological polar surface area (TPSA) is 36.3 Å². The van der Waals surface area contributed by atoms with Gasteiger partial charge < -0.3 is 16.9 Å². The number of hydrogen-bond acceptors (Lipinski definition) is 3. The number of hydrogen-bond donors (Lipinski definition) is 0. The van der Waals surface area contributed by atoms with Gasteiger partial charge in [0.2, 0.25) is 5.88 Å². The van der Waals surface area contributed by atoms with Crippen molar-refractivity contribution in [2.24, 2.45) is 0 Å². The Bertz CT molecular complexity index is 644. The Labute approximate surface area is 209 Å². The maximum absolute atomic E-state index is 6.09. The van der Waals surface area contributed by atoms with Crippen LogP contribution in [0.3, 0.4) is 0 Å². The molecule has 0 aliphatic heterocycles. The monoisotopic (exact) mass is 498 g/mol. The van der Waals surface area contributed by atoms with Crippen molar-refractivity contribution in [3.63, 3.8) is 0 Å². The molecule has 2 aromatic rings. The summed E-state index contributed by atoms with van der Waals surface area (Å²) < 4.78 is 14.0. The molecule has 6 heteroatoms. The van der Waals surface area contributed by atoms with Crippen molar-refractivity contribution in [2.45, 2.75) is 78.0 Å². The van der Waals surface area contributed by atoms with E-state index in [4.69, 9.17) is 14.6 Å². The number of methoxy groups -OCH3 is 1. The fourth-order valence-electron chi connectivity index (χ4n) is 3.51. The molecule has 1 aromatic carbocycles. The van der Waals surface area contributed by atoms with E-state index in [2.05, 4.69) is 25.1 Å². The van der Waals surface area contributed by atoms with Crippen LogP contribution in [0.2, 0.25) is 0 Å². The molecular formula is C23H38ClN2O2Y-. The third-order valence-electron chi connectivity index (χ3n) is 4.92. The van der Waals surface area contributed by atoms with Gasteiger partial charge in [0.1, 0.15) is 6.61 Å². The minimum Gasteiger partial charge on any atom is -0.473 e. The van der Waals surface area contributed by atoms with E-state index >= 15 is 0 Å². The Morgan fingerprint density at radius 2 is 1.72 bits per heavy atom. The molecule has 1 heterocycles. The van der Waals surface area contributed by atoms with Crippen LogP contribution in [-0.4, -0.2) is 22.5 Å². The van der Waals surface area contributed by atoms with Gasteiger partial charge in [-0.25, -0.2) is 4.68 Å². The largest absolute Gasteiger partial charge is 0.473 e. The van der Waals surface area contributed by atoms with Crippen LogP contribution < -0.4 is 4.74 Å². The van der Waals surface area contributed by atoms with Crippen LogP contribution in [-0.2, 0) is 57.0 Å². The van der Waals surface area contributed by atoms with Crippen LogP contribution >= 0.6 is 12.4 Å². The van der Waals surface area contributed by atoms with Gasteiger partial charge in [-0.15, -0.1) is 12.4 Å². The summed E-state index contributed by atoms with van der Waals surface area (Å²) in [7, 11) is 1.83. The zero-order chi connectivity index (χ0) is 18.8. The fourth-order valence-corrected chi connectivity index (χ4v) is 3.51. The first kappa shape index (κ1) is 30.8. The molecule has 163 valence electrons. The molecule has 0 spiro atoms. The van der Waals surface area contributed by atoms with Gasteiger partial charge in [-0.05, 0) is 24.8 Å². The molecule has 0 amide bonds. The standard InChI is InChI=1S/C20H28N2O2.C2H6.CH3.ClH.Y/c1-3-9-18-14-19(24-15-17-10-5-4-6-11-17)22(21-18)16-20(23-2)12-7-8-13-20;1-2;;;/h4-6,10-11,14H,3,7-9,12-13,15-16H2,1-2H3;1-2H3;1H3;1H;/q;;-1;;. The molecular weight excluding hydrogens is 461 g/mol. The Morgan fingerprint density at radius 1 is 1.10 bits per heavy atom. The summed E-state index contributed by atoms with van der Waals surface area (Å²) in [6, 6.07) is 12.4. The van der Waals surface area contributed by atoms with Gasteiger partial charge in [-0.1, -0.05) is 70.4 Å². The molecule has 1 fully saturated rings. The van der Waals surface area contributed by atoms with Crippen molar-refractivity contribution < 1.29 is 42.2 Å². The first-order valence-corrected chi connectivity index (χ1v) is 10.0. The predicted octanol–water partition coefficient (Wildman–Crippen LogP) is 6.27. The summed E-state index contributed by atoms with van der Waals surface area (Å²) in [5.74, 6) is 0.852. The summed E-state index contributed by atoms with van der Waals surface area (Å²) in [5.41, 5.74) is 2.19. The van der Waals surface area contributed by atoms with Crippen molar-refractivity contribution in [1.82, 2.24) is 9.78 Å². The van der Waals surface area contributed by atoms with Crippen molar-refractivity contribution in [3.05, 3.63) is 55.1 Å². The molecule has 1 aromatic heterocycles. The molecule has 0 bridgehead atoms. The zero-order valence-electron chi connectivity index (χ0n) is 18.8. The van der Waals surface area contributed by atoms with E-state index in [9.17, 15) is 0 Å². The summed E-state index contributed by atoms with van der Waals surface area (Å²) in [5, 5.41) is 4.78. The average Bonchev–Trinajstić information content (AvgIpc) is 3.31. The van der Waals surface area contributed by atoms with E-state index in [1.54, 1.807) is 0 Å². The van der Waals surface area contributed by atoms with Gasteiger partial charge in [0, 0.05) is 45.9 Å². The molecule has 1 radical (unpaired) electrons. The number of ether oxygens (including phenoxy) is 2. The quantitative estimate of drug-likeness (QED) is 0.402. The molecule has 3 rings (SSSR count). The summed E-state index contributed by atoms with van der Waals surface area (Å²) in [4.78, 5) is 0. The molecule has 1 aliphatic carbocycles. The smallest absolute Gasteiger partial charge is 0.212 e. The van der Waals surface area contributed by atoms with Crippen molar-refractivity contribution in [2.75, 3.05) is 7.11 Å². The third kappa shape index (κ3) is 9.08. The Balaban J connectivity index is 0. The molecule has 0 atom stereocenters. The molecule has 0 N–H and O–H groups in total. The molecule has 4 nitrogen and oxygen atoms in total. The molecule has 0 saturated heterocycles. The first-order chi connectivity index (χ1) is 12.7. The summed E-state index contributed by atoms with van der Waals surface area (Å²) in [6.07, 6.45) is 6.74. The van der Waals surface area contributed by atoms with Crippen LogP contribution in [0.4, 0.5) is 0 Å². The Hall–Kier alpha value is -0.416. The second-order valence-corrected chi connectivity index (χ2v) is 6.75. The van der Waals surface area contributed by atoms with Crippen LogP contribution in [0.15, 0.2) is 36.4 Å². The van der Waals surface area contributed by atoms with Crippen LogP contribution in [0, 0.1) is 7.43 Å². The summed E-state index contributed by atoms with van der Waals surface area (Å²) >= 11 is 0. The number of rotatable bonds is 8. The first-order valence-electron chi connectivity index (χ1n) is 10.0. The van der Waals surface area contributed by atoms with Gasteiger partial charge in [0.15, 0.2) is 0 Å². The number of benzene rings is 1. The van der Waals surface area contributed by atoms with Crippen molar-refractivity contribution >= 4 is 12.4 Å². The minimum atomic E-state index is -0.0830. The normalized spacial score (nSPS) is 13.8. The zero-order valence-corrected chi connectivity index (χ0v) is 22.5. The van der Waals surface area contributed by atoms with E-state index in [-0.39, 0.29) is 58.1 Å². The van der Waals surface area contributed by atoms with Gasteiger partial charge in [0.05, 0.1) is 17.8 Å². The number of halogens is 1. The van der Waals surface area contributed by atoms with E-state index in [1.165, 1.54) is 18.4 Å². The second-order valence-electron chi connectivity index (χ2n) is 6.75. The molecule has 1 saturated carbocycles. The van der Waals surface area contributed by atoms with E-state index in [0.717, 1.165) is 43.8 Å². The van der Waals surface area contributed by atoms with E-state index in [1.807, 2.05) is 43.8 Å². The maximum atomic E-state index is 6.09. The average molecular weight is 499 g/mol. The van der Waals surface area contributed by atoms with Gasteiger partial charge in [0.25, 0.3) is 0 Å². The van der Waals surface area contributed by atoms with Crippen LogP contribution in [0.25, 0.3) is 0 Å². The maximum Gasteiger partial charge on any atom is 0.212 e. The summed E-state index contributed by atoms with van der Waals surface area (Å²) in [6.45, 7) is 7.52. The predicted molar refractivity (Wildman–Crippen MR) is 120 cm³/mol. The Morgan fingerprint density at radius 3 is 2.28 bits per heavy atom. The van der Waals surface area contributed by atoms with Crippen LogP contribution in [0.1, 0.15) is 64.1 Å². The molecule has 1 aliphatic rings. The van der Waals surface area contributed by atoms with E-state index < -0.39 is 0 Å². The van der Waals surface area contributed by atoms with Gasteiger partial charge in [-0.3, -0.25) is 0 Å². The van der Waals surface area contributed by atoms with Crippen molar-refractivity contribution in [1.29, 1.82) is 0 Å². The van der Waals surface area contributed by atoms with Crippen LogP contribution in [0.5, 0.6) is 5.88 Å². The van der Waals surface area contributed by atoms with E-state index in [0.29, 0.717) is 6.61 Å². The Kier molecular flexibility index (Phi) is 17.3. The minimum absolute atomic E-state index is 0. The number of nitrogens with zero attached hydrogens (tertiary/aromatic N) is 2. The molecule has 0 unspecified atom stereocenters. The molecule has 29 heavy (non-hydrogen) atoms. The van der Waals surface area contributed by atoms with Gasteiger partial charge in [-0.2, -0.15) is 5.10 Å². The van der Waals surface area contributed by atoms with Gasteiger partial charge >= 0.3 is 0 Å². The second kappa shape index (κ2) is 16.3. The SMILES string of the molecule is CC.CCCc1cc(OCc2ccccc2)n(CC2(OC)CCCC2)n1.Cl.[CH3-].[Y]. The number of aromatic nitrogens is 2. The number of aryl methyl sites for hydroxylation is 1.